The molecule has 0 saturated heterocycles. The van der Waals surface area contributed by atoms with Crippen molar-refractivity contribution in [3.05, 3.63) is 87.0 Å². The summed E-state index contributed by atoms with van der Waals surface area (Å²) >= 11 is 1.64. The van der Waals surface area contributed by atoms with Gasteiger partial charge in [0.1, 0.15) is 11.4 Å². The number of aryl methyl sites for hydroxylation is 1. The van der Waals surface area contributed by atoms with E-state index in [1.165, 1.54) is 24.0 Å². The summed E-state index contributed by atoms with van der Waals surface area (Å²) in [6.45, 7) is 7.21. The van der Waals surface area contributed by atoms with E-state index in [4.69, 9.17) is 4.42 Å². The summed E-state index contributed by atoms with van der Waals surface area (Å²) in [5.74, 6) is 2.63. The third-order valence-electron chi connectivity index (χ3n) is 6.07. The molecule has 0 N–H and O–H groups in total. The Balaban J connectivity index is 1.48. The second-order valence-electron chi connectivity index (χ2n) is 8.93. The van der Waals surface area contributed by atoms with E-state index in [9.17, 15) is 4.79 Å². The molecule has 0 bridgehead atoms. The maximum absolute atomic E-state index is 12.2. The lowest BCUT2D eigenvalue weighted by molar-refractivity contribution is 0.559. The average molecular weight is 446 g/mol. The van der Waals surface area contributed by atoms with E-state index in [0.29, 0.717) is 23.2 Å². The van der Waals surface area contributed by atoms with Gasteiger partial charge in [-0.1, -0.05) is 55.9 Å². The number of hydrogen-bond donors (Lipinski definition) is 0. The largest absolute Gasteiger partial charge is 0.423 e. The molecule has 0 radical (unpaired) electrons. The first-order valence-electron chi connectivity index (χ1n) is 11.2. The lowest BCUT2D eigenvalue weighted by Gasteiger charge is -2.13. The van der Waals surface area contributed by atoms with Crippen LogP contribution in [0.25, 0.3) is 11.0 Å². The Bertz CT molecular complexity index is 1320. The van der Waals surface area contributed by atoms with Crippen LogP contribution in [0.5, 0.6) is 0 Å². The fourth-order valence-corrected chi connectivity index (χ4v) is 5.18. The van der Waals surface area contributed by atoms with Crippen molar-refractivity contribution in [1.82, 2.24) is 14.8 Å². The second kappa shape index (κ2) is 8.58. The van der Waals surface area contributed by atoms with Gasteiger partial charge in [-0.3, -0.25) is 0 Å². The quantitative estimate of drug-likeness (QED) is 0.257. The van der Waals surface area contributed by atoms with E-state index < -0.39 is 0 Å². The third kappa shape index (κ3) is 4.24. The lowest BCUT2D eigenvalue weighted by atomic mass is 9.95. The summed E-state index contributed by atoms with van der Waals surface area (Å²) in [5, 5.41) is 11.0. The van der Waals surface area contributed by atoms with E-state index in [1.54, 1.807) is 17.8 Å². The molecular formula is C26H27N3O2S. The molecule has 1 aliphatic carbocycles. The molecule has 0 amide bonds. The molecular weight excluding hydrogens is 418 g/mol. The topological polar surface area (TPSA) is 60.9 Å². The summed E-state index contributed by atoms with van der Waals surface area (Å²) < 4.78 is 7.76. The average Bonchev–Trinajstić information content (AvgIpc) is 3.53. The van der Waals surface area contributed by atoms with Gasteiger partial charge in [-0.15, -0.1) is 10.2 Å². The number of aromatic nitrogens is 3. The fraction of sp³-hybridized carbons (Fsp3) is 0.346. The van der Waals surface area contributed by atoms with Crippen molar-refractivity contribution in [3.63, 3.8) is 0 Å². The molecule has 5 nitrogen and oxygen atoms in total. The zero-order valence-corrected chi connectivity index (χ0v) is 19.5. The Labute approximate surface area is 191 Å². The van der Waals surface area contributed by atoms with E-state index in [1.807, 2.05) is 12.1 Å². The molecule has 2 aromatic carbocycles. The van der Waals surface area contributed by atoms with Gasteiger partial charge in [0.15, 0.2) is 5.16 Å². The highest BCUT2D eigenvalue weighted by Gasteiger charge is 2.30. The van der Waals surface area contributed by atoms with E-state index in [2.05, 4.69) is 65.9 Å². The fourth-order valence-electron chi connectivity index (χ4n) is 4.24. The van der Waals surface area contributed by atoms with Crippen LogP contribution in [0.2, 0.25) is 0 Å². The van der Waals surface area contributed by atoms with Gasteiger partial charge < -0.3 is 8.98 Å². The monoisotopic (exact) mass is 445 g/mol. The van der Waals surface area contributed by atoms with Crippen molar-refractivity contribution in [2.24, 2.45) is 0 Å². The predicted octanol–water partition coefficient (Wildman–Crippen LogP) is 6.03. The molecule has 32 heavy (non-hydrogen) atoms. The molecule has 0 unspecified atom stereocenters. The summed E-state index contributed by atoms with van der Waals surface area (Å²) in [7, 11) is 0. The SMILES string of the molecule is Cc1cc2oc(=O)cc(CSc3nnc(C4CC4)n3Cc3ccccc3)c2cc1C(C)C. The minimum absolute atomic E-state index is 0.311. The second-order valence-corrected chi connectivity index (χ2v) is 9.87. The molecule has 2 heterocycles. The number of nitrogens with zero attached hydrogens (tertiary/aromatic N) is 3. The van der Waals surface area contributed by atoms with Gasteiger partial charge in [0.2, 0.25) is 0 Å². The van der Waals surface area contributed by atoms with E-state index in [0.717, 1.165) is 34.0 Å². The lowest BCUT2D eigenvalue weighted by Crippen LogP contribution is -2.06. The van der Waals surface area contributed by atoms with Gasteiger partial charge in [0.25, 0.3) is 0 Å². The first-order chi connectivity index (χ1) is 15.5. The first kappa shape index (κ1) is 21.0. The van der Waals surface area contributed by atoms with Gasteiger partial charge in [0.05, 0.1) is 6.54 Å². The van der Waals surface area contributed by atoms with E-state index in [-0.39, 0.29) is 5.63 Å². The molecule has 4 aromatic rings. The van der Waals surface area contributed by atoms with Crippen LogP contribution in [-0.4, -0.2) is 14.8 Å². The Morgan fingerprint density at radius 3 is 2.62 bits per heavy atom. The van der Waals surface area contributed by atoms with Gasteiger partial charge in [-0.05, 0) is 60.1 Å². The molecule has 1 fully saturated rings. The highest BCUT2D eigenvalue weighted by Crippen LogP contribution is 2.40. The van der Waals surface area contributed by atoms with Crippen molar-refractivity contribution in [1.29, 1.82) is 0 Å². The summed E-state index contributed by atoms with van der Waals surface area (Å²) in [4.78, 5) is 12.2. The molecule has 6 heteroatoms. The van der Waals surface area contributed by atoms with Crippen molar-refractivity contribution in [2.75, 3.05) is 0 Å². The minimum Gasteiger partial charge on any atom is -0.423 e. The van der Waals surface area contributed by atoms with Gasteiger partial charge in [0, 0.05) is 23.1 Å². The predicted molar refractivity (Wildman–Crippen MR) is 128 cm³/mol. The molecule has 5 rings (SSSR count). The molecule has 0 atom stereocenters. The molecule has 1 aliphatic rings. The Kier molecular flexibility index (Phi) is 5.64. The minimum atomic E-state index is -0.311. The smallest absolute Gasteiger partial charge is 0.336 e. The zero-order valence-electron chi connectivity index (χ0n) is 18.7. The van der Waals surface area contributed by atoms with Crippen LogP contribution < -0.4 is 5.63 Å². The van der Waals surface area contributed by atoms with Crippen LogP contribution in [0.4, 0.5) is 0 Å². The van der Waals surface area contributed by atoms with Gasteiger partial charge in [-0.25, -0.2) is 4.79 Å². The summed E-state index contributed by atoms with van der Waals surface area (Å²) in [6.07, 6.45) is 2.36. The number of hydrogen-bond acceptors (Lipinski definition) is 5. The van der Waals surface area contributed by atoms with Crippen molar-refractivity contribution in [2.45, 2.75) is 62.9 Å². The van der Waals surface area contributed by atoms with Crippen molar-refractivity contribution >= 4 is 22.7 Å². The Morgan fingerprint density at radius 2 is 1.91 bits per heavy atom. The van der Waals surface area contributed by atoms with Crippen LogP contribution in [-0.2, 0) is 12.3 Å². The maximum atomic E-state index is 12.2. The number of benzene rings is 2. The maximum Gasteiger partial charge on any atom is 0.336 e. The Morgan fingerprint density at radius 1 is 1.12 bits per heavy atom. The van der Waals surface area contributed by atoms with Crippen LogP contribution in [0.1, 0.15) is 66.6 Å². The van der Waals surface area contributed by atoms with Crippen molar-refractivity contribution < 1.29 is 4.42 Å². The van der Waals surface area contributed by atoms with Crippen molar-refractivity contribution in [3.8, 4) is 0 Å². The molecule has 0 spiro atoms. The van der Waals surface area contributed by atoms with Crippen LogP contribution in [0, 0.1) is 6.92 Å². The zero-order chi connectivity index (χ0) is 22.2. The molecule has 0 aliphatic heterocycles. The molecule has 2 aromatic heterocycles. The summed E-state index contributed by atoms with van der Waals surface area (Å²) in [5.41, 5.74) is 4.98. The first-order valence-corrected chi connectivity index (χ1v) is 12.1. The van der Waals surface area contributed by atoms with Crippen LogP contribution in [0.3, 0.4) is 0 Å². The number of fused-ring (bicyclic) bond motifs is 1. The summed E-state index contributed by atoms with van der Waals surface area (Å²) in [6, 6.07) is 16.2. The standard InChI is InChI=1S/C26H27N3O2S/c1-16(2)21-13-22-20(12-24(30)31-23(22)11-17(21)3)15-32-26-28-27-25(19-9-10-19)29(26)14-18-7-5-4-6-8-18/h4-8,11-13,16,19H,9-10,14-15H2,1-3H3. The van der Waals surface area contributed by atoms with Gasteiger partial charge in [-0.2, -0.15) is 0 Å². The third-order valence-corrected chi connectivity index (χ3v) is 7.08. The number of rotatable bonds is 7. The van der Waals surface area contributed by atoms with Crippen LogP contribution in [0.15, 0.2) is 62.9 Å². The van der Waals surface area contributed by atoms with Gasteiger partial charge >= 0.3 is 5.63 Å². The van der Waals surface area contributed by atoms with Crippen LogP contribution >= 0.6 is 11.8 Å². The molecule has 1 saturated carbocycles. The van der Waals surface area contributed by atoms with E-state index >= 15 is 0 Å². The normalized spacial score (nSPS) is 13.9. The highest BCUT2D eigenvalue weighted by atomic mass is 32.2. The Hall–Kier alpha value is -2.86. The number of thioether (sulfide) groups is 1. The highest BCUT2D eigenvalue weighted by molar-refractivity contribution is 7.98. The molecule has 164 valence electrons.